The monoisotopic (exact) mass is 414 g/mol. The lowest BCUT2D eigenvalue weighted by Gasteiger charge is -2.28. The zero-order valence-electron chi connectivity index (χ0n) is 17.1. The average molecular weight is 414 g/mol. The molecule has 1 aromatic heterocycles. The molecule has 0 saturated carbocycles. The second kappa shape index (κ2) is 9.24. The van der Waals surface area contributed by atoms with Gasteiger partial charge in [-0.05, 0) is 49.4 Å². The Morgan fingerprint density at radius 3 is 2.55 bits per heavy atom. The van der Waals surface area contributed by atoms with E-state index >= 15 is 0 Å². The molecule has 3 aromatic rings. The summed E-state index contributed by atoms with van der Waals surface area (Å²) in [5.74, 6) is 2.01. The number of nitrogens with zero attached hydrogens (tertiary/aromatic N) is 4. The summed E-state index contributed by atoms with van der Waals surface area (Å²) in [4.78, 5) is 23.6. The predicted octanol–water partition coefficient (Wildman–Crippen LogP) is 3.49. The van der Waals surface area contributed by atoms with Crippen LogP contribution in [0.25, 0.3) is 0 Å². The van der Waals surface area contributed by atoms with Crippen molar-refractivity contribution in [3.8, 4) is 6.07 Å². The van der Waals surface area contributed by atoms with Crippen molar-refractivity contribution in [1.82, 2.24) is 9.97 Å². The van der Waals surface area contributed by atoms with Crippen LogP contribution >= 0.6 is 0 Å². The predicted molar refractivity (Wildman–Crippen MR) is 119 cm³/mol. The van der Waals surface area contributed by atoms with Gasteiger partial charge in [-0.1, -0.05) is 6.07 Å². The van der Waals surface area contributed by atoms with Crippen molar-refractivity contribution in [2.75, 3.05) is 41.8 Å². The SMILES string of the molecule is Cc1nc(Nc2ccc(NC(=O)c3cccc(C#N)c3)cc2)cc(N2CCOCC2)n1. The standard InChI is InChI=1S/C23H22N6O2/c1-16-25-21(14-22(26-16)29-9-11-31-12-10-29)27-19-5-7-20(8-6-19)28-23(30)18-4-2-3-17(13-18)15-24/h2-8,13-14H,9-12H2,1H3,(H,28,30)(H,25,26,27). The molecule has 8 nitrogen and oxygen atoms in total. The first-order valence-corrected chi connectivity index (χ1v) is 9.98. The van der Waals surface area contributed by atoms with Gasteiger partial charge in [0.1, 0.15) is 17.5 Å². The van der Waals surface area contributed by atoms with E-state index in [4.69, 9.17) is 10.00 Å². The van der Waals surface area contributed by atoms with Crippen LogP contribution in [-0.2, 0) is 4.74 Å². The zero-order chi connectivity index (χ0) is 21.6. The largest absolute Gasteiger partial charge is 0.378 e. The summed E-state index contributed by atoms with van der Waals surface area (Å²) in [6.07, 6.45) is 0. The van der Waals surface area contributed by atoms with Crippen LogP contribution in [0.3, 0.4) is 0 Å². The molecule has 0 spiro atoms. The molecule has 0 aliphatic carbocycles. The molecular formula is C23H22N6O2. The van der Waals surface area contributed by atoms with Gasteiger partial charge in [0.05, 0.1) is 24.8 Å². The van der Waals surface area contributed by atoms with Gasteiger partial charge in [-0.15, -0.1) is 0 Å². The Hall–Kier alpha value is -3.96. The number of nitriles is 1. The number of carbonyl (C=O) groups is 1. The highest BCUT2D eigenvalue weighted by Crippen LogP contribution is 2.22. The number of amides is 1. The molecule has 0 unspecified atom stereocenters. The summed E-state index contributed by atoms with van der Waals surface area (Å²) in [5, 5.41) is 15.1. The van der Waals surface area contributed by atoms with Gasteiger partial charge in [-0.25, -0.2) is 9.97 Å². The van der Waals surface area contributed by atoms with Crippen molar-refractivity contribution in [1.29, 1.82) is 5.26 Å². The Morgan fingerprint density at radius 2 is 1.81 bits per heavy atom. The summed E-state index contributed by atoms with van der Waals surface area (Å²) >= 11 is 0. The molecule has 4 rings (SSSR count). The first kappa shape index (κ1) is 20.3. The Balaban J connectivity index is 1.43. The van der Waals surface area contributed by atoms with Crippen LogP contribution in [0.1, 0.15) is 21.7 Å². The van der Waals surface area contributed by atoms with Gasteiger partial charge in [-0.3, -0.25) is 4.79 Å². The van der Waals surface area contributed by atoms with Crippen LogP contribution in [0.2, 0.25) is 0 Å². The number of hydrogen-bond acceptors (Lipinski definition) is 7. The Kier molecular flexibility index (Phi) is 6.05. The summed E-state index contributed by atoms with van der Waals surface area (Å²) in [6.45, 7) is 4.87. The normalized spacial score (nSPS) is 13.4. The van der Waals surface area contributed by atoms with E-state index in [1.54, 1.807) is 24.3 Å². The van der Waals surface area contributed by atoms with E-state index in [1.165, 1.54) is 0 Å². The molecule has 1 aliphatic rings. The number of nitrogens with one attached hydrogen (secondary N) is 2. The third kappa shape index (κ3) is 5.15. The zero-order valence-corrected chi connectivity index (χ0v) is 17.1. The number of ether oxygens (including phenoxy) is 1. The number of rotatable bonds is 5. The second-order valence-electron chi connectivity index (χ2n) is 7.11. The molecule has 2 N–H and O–H groups in total. The minimum Gasteiger partial charge on any atom is -0.378 e. The van der Waals surface area contributed by atoms with Crippen LogP contribution in [-0.4, -0.2) is 42.2 Å². The van der Waals surface area contributed by atoms with Crippen molar-refractivity contribution in [3.63, 3.8) is 0 Å². The van der Waals surface area contributed by atoms with Crippen molar-refractivity contribution >= 4 is 28.9 Å². The molecule has 0 atom stereocenters. The summed E-state index contributed by atoms with van der Waals surface area (Å²) < 4.78 is 5.41. The molecule has 1 saturated heterocycles. The fourth-order valence-electron chi connectivity index (χ4n) is 3.29. The lowest BCUT2D eigenvalue weighted by atomic mass is 10.1. The fourth-order valence-corrected chi connectivity index (χ4v) is 3.29. The summed E-state index contributed by atoms with van der Waals surface area (Å²) in [5.41, 5.74) is 2.39. The number of aryl methyl sites for hydroxylation is 1. The highest BCUT2D eigenvalue weighted by Gasteiger charge is 2.14. The number of morpholine rings is 1. The molecule has 8 heteroatoms. The van der Waals surface area contributed by atoms with Crippen molar-refractivity contribution in [2.24, 2.45) is 0 Å². The van der Waals surface area contributed by atoms with E-state index in [0.29, 0.717) is 41.7 Å². The maximum atomic E-state index is 12.4. The van der Waals surface area contributed by atoms with Gasteiger partial charge in [0.25, 0.3) is 5.91 Å². The lowest BCUT2D eigenvalue weighted by Crippen LogP contribution is -2.36. The third-order valence-electron chi connectivity index (χ3n) is 4.83. The van der Waals surface area contributed by atoms with Crippen LogP contribution in [0, 0.1) is 18.3 Å². The van der Waals surface area contributed by atoms with Crippen molar-refractivity contribution in [2.45, 2.75) is 6.92 Å². The van der Waals surface area contributed by atoms with E-state index in [0.717, 1.165) is 24.6 Å². The number of aromatic nitrogens is 2. The van der Waals surface area contributed by atoms with E-state index in [-0.39, 0.29) is 5.91 Å². The van der Waals surface area contributed by atoms with Gasteiger partial charge < -0.3 is 20.3 Å². The number of benzene rings is 2. The maximum absolute atomic E-state index is 12.4. The quantitative estimate of drug-likeness (QED) is 0.659. The molecular weight excluding hydrogens is 392 g/mol. The highest BCUT2D eigenvalue weighted by atomic mass is 16.5. The van der Waals surface area contributed by atoms with Crippen LogP contribution in [0.4, 0.5) is 23.0 Å². The van der Waals surface area contributed by atoms with E-state index in [9.17, 15) is 4.79 Å². The van der Waals surface area contributed by atoms with Crippen molar-refractivity contribution < 1.29 is 9.53 Å². The third-order valence-corrected chi connectivity index (χ3v) is 4.83. The average Bonchev–Trinajstić information content (AvgIpc) is 2.80. The lowest BCUT2D eigenvalue weighted by molar-refractivity contribution is 0.102. The number of carbonyl (C=O) groups excluding carboxylic acids is 1. The topological polar surface area (TPSA) is 103 Å². The second-order valence-corrected chi connectivity index (χ2v) is 7.11. The summed E-state index contributed by atoms with van der Waals surface area (Å²) in [7, 11) is 0. The fraction of sp³-hybridized carbons (Fsp3) is 0.217. The molecule has 0 radical (unpaired) electrons. The van der Waals surface area contributed by atoms with E-state index in [2.05, 4.69) is 25.5 Å². The van der Waals surface area contributed by atoms with Gasteiger partial charge >= 0.3 is 0 Å². The number of hydrogen-bond donors (Lipinski definition) is 2. The van der Waals surface area contributed by atoms with Gasteiger partial charge in [-0.2, -0.15) is 5.26 Å². The minimum atomic E-state index is -0.264. The molecule has 2 heterocycles. The molecule has 31 heavy (non-hydrogen) atoms. The maximum Gasteiger partial charge on any atom is 0.255 e. The van der Waals surface area contributed by atoms with Gasteiger partial charge in [0, 0.05) is 36.1 Å². The highest BCUT2D eigenvalue weighted by molar-refractivity contribution is 6.04. The number of anilines is 4. The molecule has 1 aliphatic heterocycles. The molecule has 2 aromatic carbocycles. The smallest absolute Gasteiger partial charge is 0.255 e. The Morgan fingerprint density at radius 1 is 1.06 bits per heavy atom. The van der Waals surface area contributed by atoms with Crippen LogP contribution in [0.15, 0.2) is 54.6 Å². The Bertz CT molecular complexity index is 1120. The molecule has 1 fully saturated rings. The van der Waals surface area contributed by atoms with E-state index < -0.39 is 0 Å². The molecule has 1 amide bonds. The first-order chi connectivity index (χ1) is 15.1. The molecule has 156 valence electrons. The van der Waals surface area contributed by atoms with Crippen LogP contribution < -0.4 is 15.5 Å². The summed E-state index contributed by atoms with van der Waals surface area (Å²) in [6, 6.07) is 17.9. The minimum absolute atomic E-state index is 0.264. The Labute approximate surface area is 180 Å². The van der Waals surface area contributed by atoms with Crippen LogP contribution in [0.5, 0.6) is 0 Å². The van der Waals surface area contributed by atoms with Gasteiger partial charge in [0.15, 0.2) is 0 Å². The van der Waals surface area contributed by atoms with E-state index in [1.807, 2.05) is 43.3 Å². The van der Waals surface area contributed by atoms with Crippen molar-refractivity contribution in [3.05, 3.63) is 71.5 Å². The molecule has 0 bridgehead atoms. The van der Waals surface area contributed by atoms with Gasteiger partial charge in [0.2, 0.25) is 0 Å². The first-order valence-electron chi connectivity index (χ1n) is 9.98.